The van der Waals surface area contributed by atoms with Crippen molar-refractivity contribution in [3.63, 3.8) is 0 Å². The fourth-order valence-corrected chi connectivity index (χ4v) is 1.71. The second-order valence-corrected chi connectivity index (χ2v) is 4.68. The van der Waals surface area contributed by atoms with Gasteiger partial charge in [-0.05, 0) is 38.3 Å². The van der Waals surface area contributed by atoms with Crippen LogP contribution in [-0.2, 0) is 4.74 Å². The van der Waals surface area contributed by atoms with Gasteiger partial charge in [0.25, 0.3) is 0 Å². The molecule has 0 radical (unpaired) electrons. The van der Waals surface area contributed by atoms with E-state index in [0.717, 1.165) is 30.6 Å². The molecule has 21 heavy (non-hydrogen) atoms. The molecule has 0 heterocycles. The van der Waals surface area contributed by atoms with E-state index in [2.05, 4.69) is 39.2 Å². The van der Waals surface area contributed by atoms with Crippen LogP contribution in [0.4, 0.5) is 0 Å². The second kappa shape index (κ2) is 13.2. The smallest absolute Gasteiger partial charge is 0.118 e. The van der Waals surface area contributed by atoms with E-state index in [9.17, 15) is 0 Å². The zero-order valence-corrected chi connectivity index (χ0v) is 13.5. The molecule has 0 aromatic heterocycles. The minimum absolute atomic E-state index is 0.613. The van der Waals surface area contributed by atoms with Gasteiger partial charge in [-0.25, -0.2) is 0 Å². The van der Waals surface area contributed by atoms with E-state index < -0.39 is 0 Å². The summed E-state index contributed by atoms with van der Waals surface area (Å²) in [5.74, 6) is 0.796. The number of hydrogen-bond acceptors (Lipinski definition) is 2. The van der Waals surface area contributed by atoms with Gasteiger partial charge in [-0.3, -0.25) is 0 Å². The average molecular weight is 287 g/mol. The summed E-state index contributed by atoms with van der Waals surface area (Å²) in [6, 6.07) is 0. The number of nitrogens with two attached hydrogens (primary N) is 1. The van der Waals surface area contributed by atoms with Crippen LogP contribution in [0.2, 0.25) is 0 Å². The topological polar surface area (TPSA) is 35.2 Å². The van der Waals surface area contributed by atoms with Crippen molar-refractivity contribution in [1.82, 2.24) is 0 Å². The maximum atomic E-state index is 5.71. The van der Waals surface area contributed by atoms with Gasteiger partial charge < -0.3 is 10.5 Å². The summed E-state index contributed by atoms with van der Waals surface area (Å²) in [5.41, 5.74) is 8.13. The van der Waals surface area contributed by atoms with Crippen molar-refractivity contribution in [1.29, 1.82) is 0 Å². The highest BCUT2D eigenvalue weighted by molar-refractivity contribution is 5.26. The van der Waals surface area contributed by atoms with E-state index in [1.54, 1.807) is 12.2 Å². The molecule has 2 nitrogen and oxygen atoms in total. The molecule has 0 aromatic carbocycles. The quantitative estimate of drug-likeness (QED) is 0.255. The van der Waals surface area contributed by atoms with Crippen LogP contribution in [0.1, 0.15) is 33.1 Å². The maximum Gasteiger partial charge on any atom is 0.118 e. The van der Waals surface area contributed by atoms with Gasteiger partial charge in [0.05, 0.1) is 6.61 Å². The van der Waals surface area contributed by atoms with Crippen molar-refractivity contribution in [2.75, 3.05) is 13.2 Å². The molecule has 0 rings (SSSR count). The predicted octanol–water partition coefficient (Wildman–Crippen LogP) is 4.84. The van der Waals surface area contributed by atoms with E-state index >= 15 is 0 Å². The van der Waals surface area contributed by atoms with Gasteiger partial charge in [-0.15, -0.1) is 0 Å². The first-order chi connectivity index (χ1) is 10.2. The first-order valence-electron chi connectivity index (χ1n) is 7.47. The highest BCUT2D eigenvalue weighted by Crippen LogP contribution is 2.10. The van der Waals surface area contributed by atoms with Crippen molar-refractivity contribution < 1.29 is 4.74 Å². The lowest BCUT2D eigenvalue weighted by molar-refractivity contribution is 0.230. The molecular weight excluding hydrogens is 258 g/mol. The van der Waals surface area contributed by atoms with E-state index in [1.165, 1.54) is 5.57 Å². The molecule has 0 saturated carbocycles. The summed E-state index contributed by atoms with van der Waals surface area (Å²) >= 11 is 0. The van der Waals surface area contributed by atoms with E-state index in [4.69, 9.17) is 10.5 Å². The van der Waals surface area contributed by atoms with Gasteiger partial charge in [-0.2, -0.15) is 0 Å². The van der Waals surface area contributed by atoms with Crippen LogP contribution >= 0.6 is 0 Å². The van der Waals surface area contributed by atoms with Crippen LogP contribution in [0, 0.1) is 0 Å². The van der Waals surface area contributed by atoms with Gasteiger partial charge in [0.1, 0.15) is 5.76 Å². The molecule has 0 aromatic rings. The third kappa shape index (κ3) is 10.6. The number of ether oxygens (including phenoxy) is 1. The van der Waals surface area contributed by atoms with E-state index in [0.29, 0.717) is 13.2 Å². The molecule has 0 fully saturated rings. The average Bonchev–Trinajstić information content (AvgIpc) is 2.49. The van der Waals surface area contributed by atoms with Crippen molar-refractivity contribution in [3.05, 3.63) is 72.6 Å². The van der Waals surface area contributed by atoms with Crippen LogP contribution in [-0.4, -0.2) is 13.2 Å². The van der Waals surface area contributed by atoms with E-state index in [1.807, 2.05) is 18.2 Å². The fourth-order valence-electron chi connectivity index (χ4n) is 1.71. The van der Waals surface area contributed by atoms with Gasteiger partial charge in [0.15, 0.2) is 0 Å². The Kier molecular flexibility index (Phi) is 12.1. The molecule has 0 amide bonds. The van der Waals surface area contributed by atoms with Gasteiger partial charge in [0, 0.05) is 6.54 Å². The molecule has 0 spiro atoms. The molecule has 0 bridgehead atoms. The van der Waals surface area contributed by atoms with Crippen molar-refractivity contribution in [3.8, 4) is 0 Å². The van der Waals surface area contributed by atoms with Crippen LogP contribution in [0.3, 0.4) is 0 Å². The zero-order valence-electron chi connectivity index (χ0n) is 13.5. The van der Waals surface area contributed by atoms with Crippen molar-refractivity contribution >= 4 is 0 Å². The third-order valence-electron chi connectivity index (χ3n) is 2.84. The predicted molar refractivity (Wildman–Crippen MR) is 94.0 cm³/mol. The molecule has 2 N–H and O–H groups in total. The lowest BCUT2D eigenvalue weighted by Gasteiger charge is -2.06. The summed E-state index contributed by atoms with van der Waals surface area (Å²) < 4.78 is 5.67. The monoisotopic (exact) mass is 287 g/mol. The number of rotatable bonds is 11. The van der Waals surface area contributed by atoms with Gasteiger partial charge in [0.2, 0.25) is 0 Å². The summed E-state index contributed by atoms with van der Waals surface area (Å²) in [6.07, 6.45) is 16.6. The molecule has 2 heteroatoms. The Morgan fingerprint density at radius 1 is 1.24 bits per heavy atom. The Hall–Kier alpha value is -1.80. The fraction of sp³-hybridized carbons (Fsp3) is 0.368. The maximum absolute atomic E-state index is 5.71. The second-order valence-electron chi connectivity index (χ2n) is 4.68. The first kappa shape index (κ1) is 19.2. The minimum Gasteiger partial charge on any atom is -0.493 e. The van der Waals surface area contributed by atoms with Crippen LogP contribution in [0.25, 0.3) is 0 Å². The van der Waals surface area contributed by atoms with Crippen molar-refractivity contribution in [2.24, 2.45) is 5.73 Å². The standard InChI is InChI=1S/C19H29NO/c1-5-8-9-10-14-21-19(7-3)15-17(4)12-13-18(16-20)11-6-2/h5,7-9,11-12,15H,1,3,6,10,13-14,16,20H2,2,4H3/b9-8-,17-12-,18-11+,19-15+. The van der Waals surface area contributed by atoms with Gasteiger partial charge in [-0.1, -0.05) is 61.6 Å². The lowest BCUT2D eigenvalue weighted by Crippen LogP contribution is -2.02. The Bertz CT molecular complexity index is 425. The summed E-state index contributed by atoms with van der Waals surface area (Å²) in [7, 11) is 0. The molecule has 0 aliphatic heterocycles. The first-order valence-corrected chi connectivity index (χ1v) is 7.47. The molecule has 0 aliphatic rings. The zero-order chi connectivity index (χ0) is 15.9. The largest absolute Gasteiger partial charge is 0.493 e. The molecule has 0 atom stereocenters. The Morgan fingerprint density at radius 2 is 2.00 bits per heavy atom. The Balaban J connectivity index is 4.46. The normalized spacial score (nSPS) is 13.6. The highest BCUT2D eigenvalue weighted by Gasteiger charge is 1.95. The van der Waals surface area contributed by atoms with Crippen LogP contribution < -0.4 is 5.73 Å². The summed E-state index contributed by atoms with van der Waals surface area (Å²) in [5, 5.41) is 0. The number of allylic oxidation sites excluding steroid dienone is 7. The summed E-state index contributed by atoms with van der Waals surface area (Å²) in [4.78, 5) is 0. The van der Waals surface area contributed by atoms with Gasteiger partial charge >= 0.3 is 0 Å². The van der Waals surface area contributed by atoms with Crippen LogP contribution in [0.15, 0.2) is 72.6 Å². The lowest BCUT2D eigenvalue weighted by atomic mass is 10.1. The highest BCUT2D eigenvalue weighted by atomic mass is 16.5. The molecule has 0 saturated heterocycles. The molecular formula is C19H29NO. The minimum atomic E-state index is 0.613. The third-order valence-corrected chi connectivity index (χ3v) is 2.84. The van der Waals surface area contributed by atoms with Crippen LogP contribution in [0.5, 0.6) is 0 Å². The summed E-state index contributed by atoms with van der Waals surface area (Å²) in [6.45, 7) is 12.8. The molecule has 116 valence electrons. The SMILES string of the molecule is C=C/C=C\CCO/C(C=C)=C/C(C)=C\C/C(=C\CC)CN. The number of hydrogen-bond donors (Lipinski definition) is 1. The van der Waals surface area contributed by atoms with E-state index in [-0.39, 0.29) is 0 Å². The van der Waals surface area contributed by atoms with Crippen molar-refractivity contribution in [2.45, 2.75) is 33.1 Å². The Labute approximate surface area is 130 Å². The molecule has 0 aliphatic carbocycles. The Morgan fingerprint density at radius 3 is 2.57 bits per heavy atom. The molecule has 0 unspecified atom stereocenters.